The number of anilines is 3. The highest BCUT2D eigenvalue weighted by molar-refractivity contribution is 7.26. The molecule has 1 aromatic heterocycles. The lowest BCUT2D eigenvalue weighted by atomic mass is 9.81. The highest BCUT2D eigenvalue weighted by Crippen LogP contribution is 2.54. The summed E-state index contributed by atoms with van der Waals surface area (Å²) in [6.45, 7) is 4.70. The molecule has 10 aromatic carbocycles. The van der Waals surface area contributed by atoms with Crippen LogP contribution < -0.4 is 4.90 Å². The SMILES string of the molecule is CC1(C)c2cc(N(c3ccc(-c4ccccc4)cc3)c3cc(C#N)cc(-c4cc5sc6cccc7c8ccccc8c(c4)c5c67)c3)ccc2-c2c(-c3ccccc3)cccc21. The third-order valence-corrected chi connectivity index (χ3v) is 14.1. The Morgan fingerprint density at radius 2 is 1.07 bits per heavy atom. The van der Waals surface area contributed by atoms with Gasteiger partial charge in [-0.3, -0.25) is 0 Å². The molecule has 1 heterocycles. The van der Waals surface area contributed by atoms with E-state index in [2.05, 4.69) is 213 Å². The van der Waals surface area contributed by atoms with E-state index in [0.717, 1.165) is 33.8 Å². The van der Waals surface area contributed by atoms with Gasteiger partial charge in [0.05, 0.1) is 11.6 Å². The second kappa shape index (κ2) is 13.5. The monoisotopic (exact) mass is 794 g/mol. The molecule has 12 rings (SSSR count). The highest BCUT2D eigenvalue weighted by atomic mass is 32.1. The molecule has 1 aliphatic rings. The van der Waals surface area contributed by atoms with Crippen LogP contribution in [0, 0.1) is 11.3 Å². The largest absolute Gasteiger partial charge is 0.310 e. The third kappa shape index (κ3) is 5.46. The van der Waals surface area contributed by atoms with Crippen molar-refractivity contribution in [1.82, 2.24) is 0 Å². The maximum Gasteiger partial charge on any atom is 0.0992 e. The summed E-state index contributed by atoms with van der Waals surface area (Å²) in [5, 5.41) is 18.4. The molecular formula is C58H38N2S. The van der Waals surface area contributed by atoms with Crippen LogP contribution in [-0.2, 0) is 5.41 Å². The Balaban J connectivity index is 1.06. The lowest BCUT2D eigenvalue weighted by molar-refractivity contribution is 0.660. The molecule has 0 aliphatic heterocycles. The van der Waals surface area contributed by atoms with E-state index in [1.807, 2.05) is 17.4 Å². The molecule has 61 heavy (non-hydrogen) atoms. The van der Waals surface area contributed by atoms with Crippen molar-refractivity contribution in [2.45, 2.75) is 19.3 Å². The summed E-state index contributed by atoms with van der Waals surface area (Å²) in [4.78, 5) is 2.33. The van der Waals surface area contributed by atoms with Gasteiger partial charge in [0.2, 0.25) is 0 Å². The van der Waals surface area contributed by atoms with Gasteiger partial charge in [-0.15, -0.1) is 11.3 Å². The molecule has 0 unspecified atom stereocenters. The maximum absolute atomic E-state index is 10.7. The first kappa shape index (κ1) is 35.4. The smallest absolute Gasteiger partial charge is 0.0992 e. The minimum atomic E-state index is -0.231. The molecule has 2 nitrogen and oxygen atoms in total. The predicted octanol–water partition coefficient (Wildman–Crippen LogP) is 16.4. The zero-order valence-corrected chi connectivity index (χ0v) is 34.6. The van der Waals surface area contributed by atoms with E-state index in [1.165, 1.54) is 80.7 Å². The Morgan fingerprint density at radius 1 is 0.426 bits per heavy atom. The molecule has 0 bridgehead atoms. The third-order valence-electron chi connectivity index (χ3n) is 13.0. The molecular weight excluding hydrogens is 757 g/mol. The van der Waals surface area contributed by atoms with Crippen molar-refractivity contribution in [3.8, 4) is 50.6 Å². The number of nitriles is 1. The normalized spacial score (nSPS) is 12.9. The van der Waals surface area contributed by atoms with Crippen LogP contribution in [0.1, 0.15) is 30.5 Å². The second-order valence-corrected chi connectivity index (χ2v) is 17.9. The number of thiophene rings is 1. The zero-order valence-electron chi connectivity index (χ0n) is 33.8. The van der Waals surface area contributed by atoms with Crippen molar-refractivity contribution in [2.75, 3.05) is 4.90 Å². The van der Waals surface area contributed by atoms with E-state index in [0.29, 0.717) is 5.56 Å². The van der Waals surface area contributed by atoms with Crippen LogP contribution in [0.4, 0.5) is 17.1 Å². The molecule has 286 valence electrons. The van der Waals surface area contributed by atoms with Crippen molar-refractivity contribution in [3.05, 3.63) is 211 Å². The van der Waals surface area contributed by atoms with Crippen LogP contribution in [0.15, 0.2) is 194 Å². The molecule has 0 spiro atoms. The van der Waals surface area contributed by atoms with Gasteiger partial charge in [0.25, 0.3) is 0 Å². The van der Waals surface area contributed by atoms with Crippen LogP contribution in [0.25, 0.3) is 86.2 Å². The van der Waals surface area contributed by atoms with Gasteiger partial charge in [-0.1, -0.05) is 147 Å². The summed E-state index contributed by atoms with van der Waals surface area (Å²) in [5.74, 6) is 0. The topological polar surface area (TPSA) is 27.0 Å². The Labute approximate surface area is 359 Å². The Morgan fingerprint density at radius 3 is 1.84 bits per heavy atom. The summed E-state index contributed by atoms with van der Waals surface area (Å²) in [6.07, 6.45) is 0. The number of hydrogen-bond acceptors (Lipinski definition) is 3. The molecule has 0 atom stereocenters. The fourth-order valence-electron chi connectivity index (χ4n) is 10.1. The Bertz CT molecular complexity index is 3550. The number of nitrogens with zero attached hydrogens (tertiary/aromatic N) is 2. The molecule has 3 heteroatoms. The average Bonchev–Trinajstić information content (AvgIpc) is 3.81. The zero-order chi connectivity index (χ0) is 40.8. The minimum absolute atomic E-state index is 0.231. The van der Waals surface area contributed by atoms with Crippen LogP contribution >= 0.6 is 11.3 Å². The van der Waals surface area contributed by atoms with Gasteiger partial charge < -0.3 is 4.90 Å². The van der Waals surface area contributed by atoms with Gasteiger partial charge >= 0.3 is 0 Å². The molecule has 0 N–H and O–H groups in total. The van der Waals surface area contributed by atoms with Crippen molar-refractivity contribution in [3.63, 3.8) is 0 Å². The lowest BCUT2D eigenvalue weighted by Gasteiger charge is -2.29. The van der Waals surface area contributed by atoms with Crippen molar-refractivity contribution in [2.24, 2.45) is 0 Å². The molecule has 0 saturated heterocycles. The van der Waals surface area contributed by atoms with Gasteiger partial charge in [0.15, 0.2) is 0 Å². The minimum Gasteiger partial charge on any atom is -0.310 e. The van der Waals surface area contributed by atoms with E-state index in [-0.39, 0.29) is 5.41 Å². The molecule has 0 radical (unpaired) electrons. The Hall–Kier alpha value is -7.51. The molecule has 0 saturated carbocycles. The van der Waals surface area contributed by atoms with Crippen LogP contribution in [-0.4, -0.2) is 0 Å². The number of hydrogen-bond donors (Lipinski definition) is 0. The van der Waals surface area contributed by atoms with E-state index in [1.54, 1.807) is 0 Å². The van der Waals surface area contributed by atoms with Crippen LogP contribution in [0.3, 0.4) is 0 Å². The first-order chi connectivity index (χ1) is 29.9. The quantitative estimate of drug-likeness (QED) is 0.157. The summed E-state index contributed by atoms with van der Waals surface area (Å²) in [5.41, 5.74) is 15.5. The molecule has 0 amide bonds. The number of fused-ring (bicyclic) bond motifs is 6. The summed E-state index contributed by atoms with van der Waals surface area (Å²) < 4.78 is 2.56. The van der Waals surface area contributed by atoms with E-state index in [9.17, 15) is 5.26 Å². The van der Waals surface area contributed by atoms with Crippen molar-refractivity contribution < 1.29 is 0 Å². The van der Waals surface area contributed by atoms with Crippen LogP contribution in [0.5, 0.6) is 0 Å². The lowest BCUT2D eigenvalue weighted by Crippen LogP contribution is -2.16. The van der Waals surface area contributed by atoms with Gasteiger partial charge in [-0.05, 0) is 138 Å². The van der Waals surface area contributed by atoms with Gasteiger partial charge in [-0.2, -0.15) is 5.26 Å². The molecule has 11 aromatic rings. The van der Waals surface area contributed by atoms with E-state index in [4.69, 9.17) is 0 Å². The summed E-state index contributed by atoms with van der Waals surface area (Å²) in [6, 6.07) is 72.9. The fourth-order valence-corrected chi connectivity index (χ4v) is 11.3. The summed E-state index contributed by atoms with van der Waals surface area (Å²) >= 11 is 1.85. The second-order valence-electron chi connectivity index (χ2n) is 16.8. The van der Waals surface area contributed by atoms with E-state index < -0.39 is 0 Å². The first-order valence-electron chi connectivity index (χ1n) is 20.9. The summed E-state index contributed by atoms with van der Waals surface area (Å²) in [7, 11) is 0. The fraction of sp³-hybridized carbons (Fsp3) is 0.0517. The van der Waals surface area contributed by atoms with Crippen molar-refractivity contribution >= 4 is 70.1 Å². The molecule has 0 fully saturated rings. The van der Waals surface area contributed by atoms with Gasteiger partial charge in [0, 0.05) is 42.6 Å². The number of rotatable bonds is 6. The standard InChI is InChI=1S/C58H38N2S/c1-58(2)51-21-11-19-45(39-15-7-4-8-16-39)55(51)49-28-27-43(34-52(49)58)60(42-25-23-38(24-26-42)37-13-5-3-6-14-37)44-30-36(35-59)29-40(31-44)41-32-50-47-18-10-9-17-46(47)48-20-12-22-53-56(48)57(50)54(33-41)61-53/h3-34H,1-2H3. The first-order valence-corrected chi connectivity index (χ1v) is 21.7. The maximum atomic E-state index is 10.7. The van der Waals surface area contributed by atoms with Crippen molar-refractivity contribution in [1.29, 1.82) is 5.26 Å². The van der Waals surface area contributed by atoms with Gasteiger partial charge in [0.1, 0.15) is 0 Å². The van der Waals surface area contributed by atoms with Gasteiger partial charge in [-0.25, -0.2) is 0 Å². The Kier molecular flexibility index (Phi) is 7.85. The predicted molar refractivity (Wildman–Crippen MR) is 259 cm³/mol. The highest BCUT2D eigenvalue weighted by Gasteiger charge is 2.37. The van der Waals surface area contributed by atoms with Crippen LogP contribution in [0.2, 0.25) is 0 Å². The molecule has 1 aliphatic carbocycles. The van der Waals surface area contributed by atoms with E-state index >= 15 is 0 Å². The number of benzene rings is 10. The average molecular weight is 795 g/mol.